The fourth-order valence-electron chi connectivity index (χ4n) is 3.48. The maximum atomic E-state index is 12.7. The van der Waals surface area contributed by atoms with Crippen molar-refractivity contribution in [3.05, 3.63) is 23.9 Å². The van der Waals surface area contributed by atoms with Crippen LogP contribution in [0.5, 0.6) is 5.88 Å². The van der Waals surface area contributed by atoms with E-state index < -0.39 is 36.0 Å². The van der Waals surface area contributed by atoms with Gasteiger partial charge in [-0.25, -0.2) is 14.6 Å². The number of pyridine rings is 1. The monoisotopic (exact) mass is 404 g/mol. The van der Waals surface area contributed by atoms with E-state index in [0.717, 1.165) is 12.8 Å². The van der Waals surface area contributed by atoms with E-state index in [1.165, 1.54) is 18.3 Å². The van der Waals surface area contributed by atoms with Gasteiger partial charge in [-0.15, -0.1) is 0 Å². The van der Waals surface area contributed by atoms with E-state index in [4.69, 9.17) is 9.47 Å². The summed E-state index contributed by atoms with van der Waals surface area (Å²) in [6.45, 7) is 3.49. The number of imide groups is 1. The second-order valence-corrected chi connectivity index (χ2v) is 7.24. The molecule has 3 rings (SSSR count). The third-order valence-electron chi connectivity index (χ3n) is 5.13. The molecule has 1 aromatic rings. The van der Waals surface area contributed by atoms with Crippen LogP contribution in [0.1, 0.15) is 49.9 Å². The minimum atomic E-state index is -0.963. The molecule has 0 radical (unpaired) electrons. The van der Waals surface area contributed by atoms with Crippen molar-refractivity contribution in [3.63, 3.8) is 0 Å². The lowest BCUT2D eigenvalue weighted by molar-refractivity contribution is -0.141. The normalized spacial score (nSPS) is 23.7. The van der Waals surface area contributed by atoms with Gasteiger partial charge in [-0.1, -0.05) is 6.92 Å². The average molecular weight is 404 g/mol. The standard InChI is InChI=1S/C19H24N4O6/c1-3-28-15-13(5-4-10-20-15)16(25)29-11-14(24)22-23-17(26)19(21-18(23)27)8-6-12(2)7-9-19/h4-5,10,12H,3,6-9,11H2,1-2H3,(H,21,27)(H,22,24). The summed E-state index contributed by atoms with van der Waals surface area (Å²) in [4.78, 5) is 53.2. The van der Waals surface area contributed by atoms with Crippen molar-refractivity contribution in [2.75, 3.05) is 13.2 Å². The van der Waals surface area contributed by atoms with E-state index in [0.29, 0.717) is 30.4 Å². The predicted octanol–water partition coefficient (Wildman–Crippen LogP) is 1.17. The van der Waals surface area contributed by atoms with Gasteiger partial charge in [0.05, 0.1) is 6.61 Å². The van der Waals surface area contributed by atoms with Gasteiger partial charge in [0.25, 0.3) is 11.8 Å². The molecule has 1 saturated carbocycles. The summed E-state index contributed by atoms with van der Waals surface area (Å²) < 4.78 is 10.2. The van der Waals surface area contributed by atoms with Crippen molar-refractivity contribution in [2.24, 2.45) is 5.92 Å². The number of hydrogen-bond donors (Lipinski definition) is 2. The van der Waals surface area contributed by atoms with Crippen LogP contribution >= 0.6 is 0 Å². The molecule has 1 aliphatic heterocycles. The van der Waals surface area contributed by atoms with Gasteiger partial charge in [0, 0.05) is 6.20 Å². The molecule has 1 saturated heterocycles. The smallest absolute Gasteiger partial charge is 0.344 e. The Balaban J connectivity index is 1.56. The highest BCUT2D eigenvalue weighted by atomic mass is 16.5. The largest absolute Gasteiger partial charge is 0.477 e. The van der Waals surface area contributed by atoms with Gasteiger partial charge in [0.2, 0.25) is 5.88 Å². The molecule has 0 atom stereocenters. The summed E-state index contributed by atoms with van der Waals surface area (Å²) in [7, 11) is 0. The number of ether oxygens (including phenoxy) is 2. The number of nitrogens with zero attached hydrogens (tertiary/aromatic N) is 2. The molecule has 10 heteroatoms. The molecule has 156 valence electrons. The highest BCUT2D eigenvalue weighted by molar-refractivity contribution is 6.08. The maximum Gasteiger partial charge on any atom is 0.344 e. The fourth-order valence-corrected chi connectivity index (χ4v) is 3.48. The van der Waals surface area contributed by atoms with E-state index in [1.54, 1.807) is 6.92 Å². The minimum absolute atomic E-state index is 0.0763. The van der Waals surface area contributed by atoms with E-state index in [1.807, 2.05) is 0 Å². The van der Waals surface area contributed by atoms with Crippen molar-refractivity contribution in [2.45, 2.75) is 45.1 Å². The van der Waals surface area contributed by atoms with E-state index in [9.17, 15) is 19.2 Å². The number of amides is 4. The molecular weight excluding hydrogens is 380 g/mol. The molecule has 2 aliphatic rings. The highest BCUT2D eigenvalue weighted by Gasteiger charge is 2.52. The number of urea groups is 1. The minimum Gasteiger partial charge on any atom is -0.477 e. The zero-order valence-electron chi connectivity index (χ0n) is 16.4. The summed E-state index contributed by atoms with van der Waals surface area (Å²) in [6, 6.07) is 2.32. The lowest BCUT2D eigenvalue weighted by Gasteiger charge is -2.33. The number of carbonyl (C=O) groups excluding carboxylic acids is 4. The zero-order valence-corrected chi connectivity index (χ0v) is 16.4. The molecule has 1 spiro atoms. The van der Waals surface area contributed by atoms with Gasteiger partial charge >= 0.3 is 12.0 Å². The van der Waals surface area contributed by atoms with Crippen LogP contribution in [0.25, 0.3) is 0 Å². The van der Waals surface area contributed by atoms with E-state index in [2.05, 4.69) is 22.7 Å². The molecular formula is C19H24N4O6. The molecule has 0 bridgehead atoms. The van der Waals surface area contributed by atoms with Crippen LogP contribution in [0, 0.1) is 5.92 Å². The Labute approximate surface area is 167 Å². The van der Waals surface area contributed by atoms with Crippen LogP contribution in [0.4, 0.5) is 4.79 Å². The topological polar surface area (TPSA) is 127 Å². The number of nitrogens with one attached hydrogen (secondary N) is 2. The van der Waals surface area contributed by atoms with Crippen LogP contribution in [0.2, 0.25) is 0 Å². The number of hydrogen-bond acceptors (Lipinski definition) is 7. The molecule has 2 heterocycles. The van der Waals surface area contributed by atoms with Crippen LogP contribution in [-0.4, -0.2) is 52.6 Å². The number of rotatable bonds is 6. The lowest BCUT2D eigenvalue weighted by atomic mass is 9.77. The van der Waals surface area contributed by atoms with E-state index in [-0.39, 0.29) is 11.4 Å². The number of aromatic nitrogens is 1. The summed E-state index contributed by atoms with van der Waals surface area (Å²) in [6.07, 6.45) is 4.16. The molecule has 0 unspecified atom stereocenters. The number of hydrazine groups is 1. The number of esters is 1. The number of carbonyl (C=O) groups is 4. The Kier molecular flexibility index (Phi) is 6.00. The summed E-state index contributed by atoms with van der Waals surface area (Å²) in [5, 5.41) is 3.37. The van der Waals surface area contributed by atoms with Gasteiger partial charge in [-0.2, -0.15) is 5.01 Å². The first kappa shape index (κ1) is 20.6. The average Bonchev–Trinajstić information content (AvgIpc) is 2.93. The second-order valence-electron chi connectivity index (χ2n) is 7.24. The van der Waals surface area contributed by atoms with Crippen molar-refractivity contribution in [3.8, 4) is 5.88 Å². The predicted molar refractivity (Wildman–Crippen MR) is 99.6 cm³/mol. The molecule has 1 aromatic heterocycles. The molecule has 4 amide bonds. The third-order valence-corrected chi connectivity index (χ3v) is 5.13. The molecule has 2 fully saturated rings. The molecule has 10 nitrogen and oxygen atoms in total. The third kappa shape index (κ3) is 4.30. The van der Waals surface area contributed by atoms with Gasteiger partial charge < -0.3 is 14.8 Å². The first-order valence-corrected chi connectivity index (χ1v) is 9.57. The molecule has 29 heavy (non-hydrogen) atoms. The first-order valence-electron chi connectivity index (χ1n) is 9.57. The van der Waals surface area contributed by atoms with Crippen molar-refractivity contribution in [1.29, 1.82) is 0 Å². The van der Waals surface area contributed by atoms with Crippen LogP contribution in [-0.2, 0) is 14.3 Å². The van der Waals surface area contributed by atoms with Crippen molar-refractivity contribution >= 4 is 23.8 Å². The summed E-state index contributed by atoms with van der Waals surface area (Å²) in [5.41, 5.74) is 1.33. The van der Waals surface area contributed by atoms with Gasteiger partial charge in [-0.3, -0.25) is 15.0 Å². The van der Waals surface area contributed by atoms with Crippen molar-refractivity contribution in [1.82, 2.24) is 20.7 Å². The van der Waals surface area contributed by atoms with Gasteiger partial charge in [0.15, 0.2) is 6.61 Å². The lowest BCUT2D eigenvalue weighted by Crippen LogP contribution is -2.52. The Morgan fingerprint density at radius 2 is 2.07 bits per heavy atom. The van der Waals surface area contributed by atoms with Gasteiger partial charge in [0.1, 0.15) is 11.1 Å². The summed E-state index contributed by atoms with van der Waals surface area (Å²) >= 11 is 0. The molecule has 0 aromatic carbocycles. The Morgan fingerprint density at radius 3 is 2.76 bits per heavy atom. The zero-order chi connectivity index (χ0) is 21.0. The SMILES string of the molecule is CCOc1ncccc1C(=O)OCC(=O)NN1C(=O)NC2(CCC(C)CC2)C1=O. The van der Waals surface area contributed by atoms with Crippen LogP contribution in [0.15, 0.2) is 18.3 Å². The molecule has 1 aliphatic carbocycles. The Morgan fingerprint density at radius 1 is 1.34 bits per heavy atom. The van der Waals surface area contributed by atoms with Crippen LogP contribution in [0.3, 0.4) is 0 Å². The maximum absolute atomic E-state index is 12.7. The van der Waals surface area contributed by atoms with E-state index >= 15 is 0 Å². The Bertz CT molecular complexity index is 819. The quantitative estimate of drug-likeness (QED) is 0.538. The van der Waals surface area contributed by atoms with Crippen molar-refractivity contribution < 1.29 is 28.7 Å². The second kappa shape index (κ2) is 8.46. The fraction of sp³-hybridized carbons (Fsp3) is 0.526. The first-order chi connectivity index (χ1) is 13.9. The van der Waals surface area contributed by atoms with Crippen LogP contribution < -0.4 is 15.5 Å². The highest BCUT2D eigenvalue weighted by Crippen LogP contribution is 2.35. The summed E-state index contributed by atoms with van der Waals surface area (Å²) in [5.74, 6) is -1.50. The Hall–Kier alpha value is -3.17. The molecule has 2 N–H and O–H groups in total. The van der Waals surface area contributed by atoms with Gasteiger partial charge in [-0.05, 0) is 50.7 Å².